The molecule has 1 unspecified atom stereocenters. The Kier molecular flexibility index (Phi) is 7.77. The quantitative estimate of drug-likeness (QED) is 0.633. The molecule has 1 fully saturated rings. The topological polar surface area (TPSA) is 58.6 Å². The van der Waals surface area contributed by atoms with Crippen molar-refractivity contribution in [3.8, 4) is 0 Å². The molecule has 1 aliphatic rings. The van der Waals surface area contributed by atoms with E-state index in [0.717, 1.165) is 24.1 Å². The molecule has 1 saturated heterocycles. The number of morpholine rings is 1. The Hall–Kier alpha value is -2.02. The lowest BCUT2D eigenvalue weighted by molar-refractivity contribution is -0.122. The van der Waals surface area contributed by atoms with Crippen LogP contribution in [0.15, 0.2) is 59.1 Å². The molecule has 0 aliphatic carbocycles. The van der Waals surface area contributed by atoms with Gasteiger partial charge in [0.05, 0.1) is 12.7 Å². The van der Waals surface area contributed by atoms with Crippen molar-refractivity contribution in [3.63, 3.8) is 0 Å². The van der Waals surface area contributed by atoms with E-state index < -0.39 is 0 Å². The van der Waals surface area contributed by atoms with Crippen molar-refractivity contribution in [2.24, 2.45) is 0 Å². The van der Waals surface area contributed by atoms with Gasteiger partial charge in [-0.1, -0.05) is 58.4 Å². The molecule has 1 N–H and O–H groups in total. The Balaban J connectivity index is 1.38. The first-order valence-electron chi connectivity index (χ1n) is 9.53. The number of nitrogens with zero attached hydrogens (tertiary/aromatic N) is 1. The number of carbonyl (C=O) groups excluding carboxylic acids is 2. The van der Waals surface area contributed by atoms with Crippen LogP contribution in [0.3, 0.4) is 0 Å². The Morgan fingerprint density at radius 1 is 1.07 bits per heavy atom. The van der Waals surface area contributed by atoms with Gasteiger partial charge in [-0.2, -0.15) is 0 Å². The molecule has 6 heteroatoms. The summed E-state index contributed by atoms with van der Waals surface area (Å²) in [5.74, 6) is -0.139. The molecular formula is C22H25BrN2O3. The Labute approximate surface area is 174 Å². The van der Waals surface area contributed by atoms with Gasteiger partial charge in [0.2, 0.25) is 5.91 Å². The van der Waals surface area contributed by atoms with E-state index in [9.17, 15) is 9.59 Å². The van der Waals surface area contributed by atoms with Crippen LogP contribution in [0.25, 0.3) is 0 Å². The van der Waals surface area contributed by atoms with E-state index in [-0.39, 0.29) is 30.6 Å². The molecule has 3 rings (SSSR count). The Morgan fingerprint density at radius 2 is 1.82 bits per heavy atom. The van der Waals surface area contributed by atoms with Crippen molar-refractivity contribution < 1.29 is 14.3 Å². The van der Waals surface area contributed by atoms with Crippen LogP contribution in [0.1, 0.15) is 28.8 Å². The number of benzene rings is 2. The number of ether oxygens (including phenoxy) is 1. The van der Waals surface area contributed by atoms with Crippen molar-refractivity contribution in [1.82, 2.24) is 10.2 Å². The summed E-state index contributed by atoms with van der Waals surface area (Å²) in [6, 6.07) is 17.5. The van der Waals surface area contributed by atoms with Crippen LogP contribution in [0.4, 0.5) is 0 Å². The highest BCUT2D eigenvalue weighted by molar-refractivity contribution is 9.10. The van der Waals surface area contributed by atoms with Crippen molar-refractivity contribution in [3.05, 3.63) is 70.2 Å². The van der Waals surface area contributed by atoms with E-state index in [4.69, 9.17) is 4.74 Å². The lowest BCUT2D eigenvalue weighted by Gasteiger charge is -2.33. The number of carbonyl (C=O) groups is 2. The van der Waals surface area contributed by atoms with Gasteiger partial charge in [0.25, 0.3) is 0 Å². The summed E-state index contributed by atoms with van der Waals surface area (Å²) >= 11 is 3.35. The van der Waals surface area contributed by atoms with E-state index >= 15 is 0 Å². The molecule has 2 aromatic carbocycles. The maximum atomic E-state index is 12.2. The minimum absolute atomic E-state index is 0.0226. The highest BCUT2D eigenvalue weighted by atomic mass is 79.9. The van der Waals surface area contributed by atoms with Crippen molar-refractivity contribution in [2.45, 2.75) is 25.5 Å². The summed E-state index contributed by atoms with van der Waals surface area (Å²) in [7, 11) is 0. The van der Waals surface area contributed by atoms with Crippen LogP contribution in [-0.2, 0) is 16.1 Å². The van der Waals surface area contributed by atoms with Gasteiger partial charge < -0.3 is 10.1 Å². The second-order valence-corrected chi connectivity index (χ2v) is 7.86. The van der Waals surface area contributed by atoms with Gasteiger partial charge in [0.1, 0.15) is 0 Å². The smallest absolute Gasteiger partial charge is 0.220 e. The fourth-order valence-electron chi connectivity index (χ4n) is 3.21. The number of Topliss-reactive ketones (excluding diaryl/α,β-unsaturated/α-hetero) is 1. The summed E-state index contributed by atoms with van der Waals surface area (Å²) in [4.78, 5) is 26.6. The number of halogens is 1. The Bertz CT molecular complexity index is 780. The number of ketones is 1. The van der Waals surface area contributed by atoms with E-state index in [1.54, 1.807) is 12.1 Å². The highest BCUT2D eigenvalue weighted by Crippen LogP contribution is 2.13. The van der Waals surface area contributed by atoms with Gasteiger partial charge in [-0.3, -0.25) is 14.5 Å². The number of amides is 1. The maximum Gasteiger partial charge on any atom is 0.220 e. The first kappa shape index (κ1) is 20.7. The maximum absolute atomic E-state index is 12.2. The van der Waals surface area contributed by atoms with Crippen LogP contribution in [-0.4, -0.2) is 48.9 Å². The standard InChI is InChI=1S/C22H25BrN2O3/c23-19-8-6-18(7-9-19)21(26)10-11-22(27)24-14-20-16-25(12-13-28-20)15-17-4-2-1-3-5-17/h1-9,20H,10-16H2,(H,24,27). The summed E-state index contributed by atoms with van der Waals surface area (Å²) < 4.78 is 6.70. The van der Waals surface area contributed by atoms with Gasteiger partial charge in [0.15, 0.2) is 5.78 Å². The summed E-state index contributed by atoms with van der Waals surface area (Å²) in [5.41, 5.74) is 1.90. The summed E-state index contributed by atoms with van der Waals surface area (Å²) in [6.07, 6.45) is 0.373. The van der Waals surface area contributed by atoms with Crippen molar-refractivity contribution in [2.75, 3.05) is 26.2 Å². The zero-order valence-corrected chi connectivity index (χ0v) is 17.4. The average Bonchev–Trinajstić information content (AvgIpc) is 2.72. The predicted molar refractivity (Wildman–Crippen MR) is 112 cm³/mol. The van der Waals surface area contributed by atoms with Gasteiger partial charge in [0, 0.05) is 49.1 Å². The monoisotopic (exact) mass is 444 g/mol. The second-order valence-electron chi connectivity index (χ2n) is 6.95. The van der Waals surface area contributed by atoms with Crippen LogP contribution >= 0.6 is 15.9 Å². The SMILES string of the molecule is O=C(CCC(=O)c1ccc(Br)cc1)NCC1CN(Cc2ccccc2)CCO1. The number of hydrogen-bond donors (Lipinski definition) is 1. The molecule has 148 valence electrons. The first-order chi connectivity index (χ1) is 13.6. The van der Waals surface area contributed by atoms with Crippen molar-refractivity contribution >= 4 is 27.6 Å². The van der Waals surface area contributed by atoms with Gasteiger partial charge >= 0.3 is 0 Å². The van der Waals surface area contributed by atoms with E-state index in [0.29, 0.717) is 18.7 Å². The second kappa shape index (κ2) is 10.5. The van der Waals surface area contributed by atoms with Crippen LogP contribution < -0.4 is 5.32 Å². The fourth-order valence-corrected chi connectivity index (χ4v) is 3.48. The van der Waals surface area contributed by atoms with Crippen molar-refractivity contribution in [1.29, 1.82) is 0 Å². The minimum Gasteiger partial charge on any atom is -0.374 e. The van der Waals surface area contributed by atoms with E-state index in [1.807, 2.05) is 30.3 Å². The number of nitrogens with one attached hydrogen (secondary N) is 1. The van der Waals surface area contributed by atoms with Crippen LogP contribution in [0.2, 0.25) is 0 Å². The highest BCUT2D eigenvalue weighted by Gasteiger charge is 2.21. The lowest BCUT2D eigenvalue weighted by atomic mass is 10.1. The number of rotatable bonds is 8. The van der Waals surface area contributed by atoms with Gasteiger partial charge in [-0.15, -0.1) is 0 Å². The molecule has 1 heterocycles. The van der Waals surface area contributed by atoms with E-state index in [2.05, 4.69) is 38.3 Å². The molecule has 0 bridgehead atoms. The molecule has 1 atom stereocenters. The summed E-state index contributed by atoms with van der Waals surface area (Å²) in [6.45, 7) is 3.69. The largest absolute Gasteiger partial charge is 0.374 e. The third kappa shape index (κ3) is 6.55. The van der Waals surface area contributed by atoms with Crippen LogP contribution in [0, 0.1) is 0 Å². The molecule has 0 spiro atoms. The van der Waals surface area contributed by atoms with Crippen LogP contribution in [0.5, 0.6) is 0 Å². The molecule has 5 nitrogen and oxygen atoms in total. The third-order valence-corrected chi connectivity index (χ3v) is 5.27. The predicted octanol–water partition coefficient (Wildman–Crippen LogP) is 3.43. The molecule has 0 saturated carbocycles. The fraction of sp³-hybridized carbons (Fsp3) is 0.364. The summed E-state index contributed by atoms with van der Waals surface area (Å²) in [5, 5.41) is 2.90. The minimum atomic E-state index is -0.116. The molecule has 0 aromatic heterocycles. The zero-order chi connectivity index (χ0) is 19.8. The number of hydrogen-bond acceptors (Lipinski definition) is 4. The first-order valence-corrected chi connectivity index (χ1v) is 10.3. The van der Waals surface area contributed by atoms with Gasteiger partial charge in [-0.05, 0) is 17.7 Å². The molecule has 28 heavy (non-hydrogen) atoms. The Morgan fingerprint density at radius 3 is 2.57 bits per heavy atom. The normalized spacial score (nSPS) is 17.2. The average molecular weight is 445 g/mol. The molecular weight excluding hydrogens is 420 g/mol. The molecule has 1 aliphatic heterocycles. The molecule has 1 amide bonds. The van der Waals surface area contributed by atoms with Gasteiger partial charge in [-0.25, -0.2) is 0 Å². The molecule has 2 aromatic rings. The lowest BCUT2D eigenvalue weighted by Crippen LogP contribution is -2.47. The van der Waals surface area contributed by atoms with E-state index in [1.165, 1.54) is 5.56 Å². The molecule has 0 radical (unpaired) electrons. The third-order valence-electron chi connectivity index (χ3n) is 4.74. The zero-order valence-electron chi connectivity index (χ0n) is 15.8.